The van der Waals surface area contributed by atoms with Gasteiger partial charge in [-0.2, -0.15) is 0 Å². The second-order valence-corrected chi connectivity index (χ2v) is 10.0. The van der Waals surface area contributed by atoms with Crippen LogP contribution in [0.2, 0.25) is 0 Å². The van der Waals surface area contributed by atoms with Crippen molar-refractivity contribution in [3.05, 3.63) is 59.0 Å². The summed E-state index contributed by atoms with van der Waals surface area (Å²) in [6.45, 7) is 3.26. The minimum Gasteiger partial charge on any atom is -0.495 e. The Bertz CT molecular complexity index is 1370. The Kier molecular flexibility index (Phi) is 9.05. The first-order valence-electron chi connectivity index (χ1n) is 13.9. The van der Waals surface area contributed by atoms with Gasteiger partial charge in [-0.15, -0.1) is 0 Å². The number of fused-ring (bicyclic) bond motifs is 1. The summed E-state index contributed by atoms with van der Waals surface area (Å²) < 4.78 is 36.4. The lowest BCUT2D eigenvalue weighted by Crippen LogP contribution is -2.35. The van der Waals surface area contributed by atoms with Gasteiger partial charge < -0.3 is 28.7 Å². The summed E-state index contributed by atoms with van der Waals surface area (Å²) in [4.78, 5) is 29.6. The second kappa shape index (κ2) is 13.0. The molecule has 0 N–H and O–H groups in total. The molecule has 1 amide bonds. The number of aromatic nitrogens is 1. The molecule has 214 valence electrons. The van der Waals surface area contributed by atoms with Gasteiger partial charge in [-0.1, -0.05) is 0 Å². The Balaban J connectivity index is 1.30. The maximum Gasteiger partial charge on any atom is 0.409 e. The number of pyridine rings is 1. The molecule has 10 heteroatoms. The first-order valence-corrected chi connectivity index (χ1v) is 13.9. The number of halogens is 1. The average Bonchev–Trinajstić information content (AvgIpc) is 3.38. The summed E-state index contributed by atoms with van der Waals surface area (Å²) in [5.74, 6) is 1.36. The number of nitrogens with zero attached hydrogens (tertiary/aromatic N) is 3. The fourth-order valence-corrected chi connectivity index (χ4v) is 5.21. The van der Waals surface area contributed by atoms with Crippen molar-refractivity contribution in [3.63, 3.8) is 0 Å². The summed E-state index contributed by atoms with van der Waals surface area (Å²) in [5, 5.41) is 1.41. The van der Waals surface area contributed by atoms with Crippen LogP contribution in [0.3, 0.4) is 0 Å². The number of anilines is 1. The number of amides is 1. The van der Waals surface area contributed by atoms with E-state index in [2.05, 4.69) is 4.90 Å². The lowest BCUT2D eigenvalue weighted by Gasteiger charge is -2.25. The van der Waals surface area contributed by atoms with Crippen LogP contribution < -0.4 is 19.9 Å². The molecule has 1 aromatic heterocycles. The van der Waals surface area contributed by atoms with Crippen LogP contribution >= 0.6 is 0 Å². The number of carbonyl (C=O) groups is 1. The number of ether oxygens (including phenoxy) is 4. The van der Waals surface area contributed by atoms with Gasteiger partial charge in [0.15, 0.2) is 0 Å². The molecule has 5 rings (SSSR count). The van der Waals surface area contributed by atoms with Crippen molar-refractivity contribution in [1.82, 2.24) is 9.47 Å². The highest BCUT2D eigenvalue weighted by Gasteiger charge is 2.22. The summed E-state index contributed by atoms with van der Waals surface area (Å²) in [7, 11) is 1.61. The normalized spacial score (nSPS) is 17.6. The largest absolute Gasteiger partial charge is 0.495 e. The number of rotatable bonds is 9. The molecule has 3 aromatic rings. The number of benzene rings is 2. The molecule has 2 aliphatic rings. The lowest BCUT2D eigenvalue weighted by atomic mass is 10.1. The second-order valence-electron chi connectivity index (χ2n) is 10.0. The Labute approximate surface area is 233 Å². The van der Waals surface area contributed by atoms with Crippen LogP contribution in [0.4, 0.5) is 14.9 Å². The van der Waals surface area contributed by atoms with Gasteiger partial charge in [-0.05, 0) is 61.0 Å². The zero-order valence-corrected chi connectivity index (χ0v) is 22.9. The standard InChI is InChI=1S/C30H36FN3O6/c1-37-28-20-23(6-9-27(28)32-12-4-13-33(16-15-32)30(36)39-18-3-11-31)34-14-10-22-19-24(7-8-26(22)29(34)35)40-21-25-5-2-17-38-25/h6-10,14,19-20,25H,2-5,11-13,15-18,21H2,1H3/t25-/m1/s1. The van der Waals surface area contributed by atoms with Gasteiger partial charge in [0.25, 0.3) is 5.56 Å². The van der Waals surface area contributed by atoms with Gasteiger partial charge in [0.1, 0.15) is 18.1 Å². The number of methoxy groups -OCH3 is 1. The van der Waals surface area contributed by atoms with Crippen LogP contribution in [-0.4, -0.2) is 81.4 Å². The van der Waals surface area contributed by atoms with E-state index in [-0.39, 0.29) is 24.7 Å². The monoisotopic (exact) mass is 553 g/mol. The molecule has 3 heterocycles. The summed E-state index contributed by atoms with van der Waals surface area (Å²) in [5.41, 5.74) is 1.45. The number of hydrogen-bond donors (Lipinski definition) is 0. The van der Waals surface area contributed by atoms with E-state index in [1.165, 1.54) is 0 Å². The van der Waals surface area contributed by atoms with E-state index >= 15 is 0 Å². The zero-order chi connectivity index (χ0) is 27.9. The Morgan fingerprint density at radius 2 is 1.98 bits per heavy atom. The third-order valence-electron chi connectivity index (χ3n) is 7.38. The minimum atomic E-state index is -0.505. The van der Waals surface area contributed by atoms with Crippen molar-refractivity contribution in [3.8, 4) is 17.2 Å². The molecule has 0 spiro atoms. The van der Waals surface area contributed by atoms with Crippen molar-refractivity contribution in [2.45, 2.75) is 31.8 Å². The van der Waals surface area contributed by atoms with Crippen LogP contribution in [0.5, 0.6) is 11.5 Å². The Morgan fingerprint density at radius 3 is 2.77 bits per heavy atom. The minimum absolute atomic E-state index is 0.0871. The Hall–Kier alpha value is -3.79. The van der Waals surface area contributed by atoms with Gasteiger partial charge in [-0.25, -0.2) is 4.79 Å². The predicted octanol–water partition coefficient (Wildman–Crippen LogP) is 4.57. The summed E-state index contributed by atoms with van der Waals surface area (Å²) in [6.07, 6.45) is 4.52. The van der Waals surface area contributed by atoms with Crippen LogP contribution in [0.1, 0.15) is 25.7 Å². The molecule has 2 aromatic carbocycles. The van der Waals surface area contributed by atoms with Gasteiger partial charge in [0, 0.05) is 56.9 Å². The van der Waals surface area contributed by atoms with Gasteiger partial charge in [0.2, 0.25) is 0 Å². The molecule has 9 nitrogen and oxygen atoms in total. The highest BCUT2D eigenvalue weighted by atomic mass is 19.1. The van der Waals surface area contributed by atoms with Gasteiger partial charge in [-0.3, -0.25) is 13.8 Å². The maximum absolute atomic E-state index is 13.4. The molecule has 0 aliphatic carbocycles. The molecule has 1 atom stereocenters. The lowest BCUT2D eigenvalue weighted by molar-refractivity contribution is 0.0680. The molecule has 0 radical (unpaired) electrons. The summed E-state index contributed by atoms with van der Waals surface area (Å²) in [6, 6.07) is 13.1. The third-order valence-corrected chi connectivity index (χ3v) is 7.38. The molecular weight excluding hydrogens is 517 g/mol. The van der Waals surface area contributed by atoms with Crippen LogP contribution in [-0.2, 0) is 9.47 Å². The average molecular weight is 554 g/mol. The molecule has 0 saturated carbocycles. The molecule has 2 saturated heterocycles. The third kappa shape index (κ3) is 6.33. The van der Waals surface area contributed by atoms with Crippen LogP contribution in [0.15, 0.2) is 53.5 Å². The highest BCUT2D eigenvalue weighted by Crippen LogP contribution is 2.31. The van der Waals surface area contributed by atoms with E-state index in [0.717, 1.165) is 49.2 Å². The smallest absolute Gasteiger partial charge is 0.409 e. The van der Waals surface area contributed by atoms with Crippen molar-refractivity contribution >= 4 is 22.6 Å². The molecule has 0 bridgehead atoms. The van der Waals surface area contributed by atoms with Crippen molar-refractivity contribution in [2.24, 2.45) is 0 Å². The van der Waals surface area contributed by atoms with E-state index in [9.17, 15) is 14.0 Å². The summed E-state index contributed by atoms with van der Waals surface area (Å²) >= 11 is 0. The zero-order valence-electron chi connectivity index (χ0n) is 22.9. The number of carbonyl (C=O) groups excluding carboxylic acids is 1. The highest BCUT2D eigenvalue weighted by molar-refractivity contribution is 5.83. The van der Waals surface area contributed by atoms with Crippen molar-refractivity contribution in [2.75, 3.05) is 64.7 Å². The SMILES string of the molecule is COc1cc(-n2ccc3cc(OC[C@H]4CCCO4)ccc3c2=O)ccc1N1CCCN(C(=O)OCCCF)CC1. The van der Waals surface area contributed by atoms with E-state index < -0.39 is 12.8 Å². The number of hydrogen-bond acceptors (Lipinski definition) is 7. The molecule has 2 fully saturated rings. The predicted molar refractivity (Wildman–Crippen MR) is 151 cm³/mol. The molecular formula is C30H36FN3O6. The van der Waals surface area contributed by atoms with Crippen molar-refractivity contribution < 1.29 is 28.1 Å². The molecule has 40 heavy (non-hydrogen) atoms. The Morgan fingerprint density at radius 1 is 1.07 bits per heavy atom. The fourth-order valence-electron chi connectivity index (χ4n) is 5.21. The van der Waals surface area contributed by atoms with E-state index in [0.29, 0.717) is 43.1 Å². The molecule has 2 aliphatic heterocycles. The van der Waals surface area contributed by atoms with Crippen LogP contribution in [0, 0.1) is 0 Å². The number of alkyl halides is 1. The van der Waals surface area contributed by atoms with Crippen molar-refractivity contribution in [1.29, 1.82) is 0 Å². The van der Waals surface area contributed by atoms with E-state index in [1.807, 2.05) is 36.4 Å². The first-order chi connectivity index (χ1) is 19.6. The quantitative estimate of drug-likeness (QED) is 0.359. The molecule has 0 unspecified atom stereocenters. The van der Waals surface area contributed by atoms with E-state index in [1.54, 1.807) is 28.8 Å². The van der Waals surface area contributed by atoms with Crippen LogP contribution in [0.25, 0.3) is 16.5 Å². The fraction of sp³-hybridized carbons (Fsp3) is 0.467. The maximum atomic E-state index is 13.4. The van der Waals surface area contributed by atoms with Gasteiger partial charge >= 0.3 is 6.09 Å². The van der Waals surface area contributed by atoms with Gasteiger partial charge in [0.05, 0.1) is 37.9 Å². The van der Waals surface area contributed by atoms with E-state index in [4.69, 9.17) is 18.9 Å². The first kappa shape index (κ1) is 27.8. The topological polar surface area (TPSA) is 82.5 Å².